The van der Waals surface area contributed by atoms with Crippen LogP contribution in [0.15, 0.2) is 0 Å². The normalized spacial score (nSPS) is 28.7. The van der Waals surface area contributed by atoms with Crippen molar-refractivity contribution >= 4 is 23.7 Å². The van der Waals surface area contributed by atoms with E-state index in [9.17, 15) is 9.59 Å². The van der Waals surface area contributed by atoms with E-state index < -0.39 is 0 Å². The topological polar surface area (TPSA) is 96.2 Å². The van der Waals surface area contributed by atoms with Crippen molar-refractivity contribution in [2.75, 3.05) is 12.3 Å². The predicted molar refractivity (Wildman–Crippen MR) is 94.4 cm³/mol. The van der Waals surface area contributed by atoms with Crippen molar-refractivity contribution in [3.8, 4) is 0 Å². The highest BCUT2D eigenvalue weighted by molar-refractivity contribution is 8.00. The number of thioether (sulfide) groups is 1. The molecule has 0 aromatic rings. The minimum atomic E-state index is -0.0395. The van der Waals surface area contributed by atoms with E-state index in [2.05, 4.69) is 29.8 Å². The highest BCUT2D eigenvalue weighted by Crippen LogP contribution is 2.33. The van der Waals surface area contributed by atoms with Crippen LogP contribution in [0.25, 0.3) is 0 Å². The SMILES string of the molecule is CC[C@H](C)[C@H](N)CNC(=O)CCCC[C@@H]1SC[C@@H]2NC(=O)N[C@@H]21. The van der Waals surface area contributed by atoms with Gasteiger partial charge in [-0.3, -0.25) is 4.79 Å². The van der Waals surface area contributed by atoms with Crippen LogP contribution in [0.4, 0.5) is 4.79 Å². The molecule has 0 aliphatic carbocycles. The Morgan fingerprint density at radius 3 is 2.96 bits per heavy atom. The number of fused-ring (bicyclic) bond motifs is 1. The molecule has 0 bridgehead atoms. The van der Waals surface area contributed by atoms with Gasteiger partial charge in [0.05, 0.1) is 12.1 Å². The van der Waals surface area contributed by atoms with Gasteiger partial charge < -0.3 is 21.7 Å². The zero-order valence-corrected chi connectivity index (χ0v) is 15.0. The molecule has 0 aromatic carbocycles. The van der Waals surface area contributed by atoms with Crippen LogP contribution in [0.1, 0.15) is 46.0 Å². The fraction of sp³-hybridized carbons (Fsp3) is 0.875. The van der Waals surface area contributed by atoms with Crippen LogP contribution in [-0.2, 0) is 4.79 Å². The minimum Gasteiger partial charge on any atom is -0.355 e. The van der Waals surface area contributed by atoms with Crippen molar-refractivity contribution in [2.24, 2.45) is 11.7 Å². The van der Waals surface area contributed by atoms with Crippen LogP contribution in [0.2, 0.25) is 0 Å². The molecule has 132 valence electrons. The maximum atomic E-state index is 11.8. The maximum Gasteiger partial charge on any atom is 0.315 e. The molecule has 2 fully saturated rings. The Morgan fingerprint density at radius 2 is 2.22 bits per heavy atom. The first-order valence-corrected chi connectivity index (χ1v) is 9.77. The number of unbranched alkanes of at least 4 members (excludes halogenated alkanes) is 1. The lowest BCUT2D eigenvalue weighted by Crippen LogP contribution is -2.41. The number of nitrogens with one attached hydrogen (secondary N) is 3. The van der Waals surface area contributed by atoms with Crippen molar-refractivity contribution in [1.29, 1.82) is 0 Å². The molecule has 0 aromatic heterocycles. The number of hydrogen-bond donors (Lipinski definition) is 4. The van der Waals surface area contributed by atoms with Crippen LogP contribution in [0, 0.1) is 5.92 Å². The van der Waals surface area contributed by atoms with Gasteiger partial charge in [0.1, 0.15) is 0 Å². The summed E-state index contributed by atoms with van der Waals surface area (Å²) in [5.74, 6) is 1.51. The summed E-state index contributed by atoms with van der Waals surface area (Å²) in [4.78, 5) is 23.2. The summed E-state index contributed by atoms with van der Waals surface area (Å²) >= 11 is 1.92. The Bertz CT molecular complexity index is 421. The third-order valence-electron chi connectivity index (χ3n) is 4.99. The molecule has 0 radical (unpaired) electrons. The Balaban J connectivity index is 1.55. The maximum absolute atomic E-state index is 11.8. The van der Waals surface area contributed by atoms with Gasteiger partial charge in [0.2, 0.25) is 5.91 Å². The Morgan fingerprint density at radius 1 is 1.43 bits per heavy atom. The van der Waals surface area contributed by atoms with Gasteiger partial charge in [0, 0.05) is 30.0 Å². The van der Waals surface area contributed by atoms with Crippen LogP contribution in [0.3, 0.4) is 0 Å². The highest BCUT2D eigenvalue weighted by atomic mass is 32.2. The number of hydrogen-bond acceptors (Lipinski definition) is 4. The van der Waals surface area contributed by atoms with E-state index in [0.29, 0.717) is 24.1 Å². The molecule has 2 saturated heterocycles. The van der Waals surface area contributed by atoms with Gasteiger partial charge in [-0.15, -0.1) is 0 Å². The fourth-order valence-electron chi connectivity index (χ4n) is 3.10. The largest absolute Gasteiger partial charge is 0.355 e. The van der Waals surface area contributed by atoms with Crippen molar-refractivity contribution in [1.82, 2.24) is 16.0 Å². The fourth-order valence-corrected chi connectivity index (χ4v) is 4.64. The quantitative estimate of drug-likeness (QED) is 0.374. The van der Waals surface area contributed by atoms with Gasteiger partial charge in [0.25, 0.3) is 0 Å². The van der Waals surface area contributed by atoms with Gasteiger partial charge in [-0.25, -0.2) is 4.79 Å². The van der Waals surface area contributed by atoms with Gasteiger partial charge in [-0.1, -0.05) is 26.7 Å². The number of amides is 3. The molecule has 0 spiro atoms. The third-order valence-corrected chi connectivity index (χ3v) is 6.50. The molecule has 5 N–H and O–H groups in total. The van der Waals surface area contributed by atoms with E-state index in [4.69, 9.17) is 5.73 Å². The second kappa shape index (κ2) is 8.78. The second-order valence-corrected chi connectivity index (χ2v) is 7.99. The molecule has 6 nitrogen and oxygen atoms in total. The van der Waals surface area contributed by atoms with Gasteiger partial charge in [0.15, 0.2) is 0 Å². The Labute approximate surface area is 143 Å². The second-order valence-electron chi connectivity index (χ2n) is 6.72. The van der Waals surface area contributed by atoms with Gasteiger partial charge in [-0.05, 0) is 18.8 Å². The third kappa shape index (κ3) is 5.28. The molecular weight excluding hydrogens is 312 g/mol. The van der Waals surface area contributed by atoms with E-state index in [1.807, 2.05) is 11.8 Å². The first-order chi connectivity index (χ1) is 11.0. The van der Waals surface area contributed by atoms with Gasteiger partial charge in [-0.2, -0.15) is 11.8 Å². The summed E-state index contributed by atoms with van der Waals surface area (Å²) in [5, 5.41) is 9.35. The minimum absolute atomic E-state index is 0.0363. The Kier molecular flexibility index (Phi) is 7.02. The lowest BCUT2D eigenvalue weighted by molar-refractivity contribution is -0.121. The first kappa shape index (κ1) is 18.4. The van der Waals surface area contributed by atoms with Crippen molar-refractivity contribution in [2.45, 2.75) is 69.3 Å². The molecule has 2 aliphatic heterocycles. The summed E-state index contributed by atoms with van der Waals surface area (Å²) in [6.07, 6.45) is 4.54. The van der Waals surface area contributed by atoms with Crippen LogP contribution < -0.4 is 21.7 Å². The van der Waals surface area contributed by atoms with E-state index in [1.54, 1.807) is 0 Å². The number of nitrogens with two attached hydrogens (primary N) is 1. The van der Waals surface area contributed by atoms with E-state index in [1.165, 1.54) is 0 Å². The van der Waals surface area contributed by atoms with Crippen LogP contribution >= 0.6 is 11.8 Å². The molecule has 0 unspecified atom stereocenters. The van der Waals surface area contributed by atoms with E-state index in [0.717, 1.165) is 31.4 Å². The lowest BCUT2D eigenvalue weighted by atomic mass is 10.00. The number of carbonyl (C=O) groups is 2. The number of carbonyl (C=O) groups excluding carboxylic acids is 2. The molecule has 2 rings (SSSR count). The number of rotatable bonds is 9. The highest BCUT2D eigenvalue weighted by Gasteiger charge is 2.42. The van der Waals surface area contributed by atoms with Gasteiger partial charge >= 0.3 is 6.03 Å². The van der Waals surface area contributed by atoms with E-state index >= 15 is 0 Å². The monoisotopic (exact) mass is 342 g/mol. The summed E-state index contributed by atoms with van der Waals surface area (Å²) in [6, 6.07) is 0.536. The molecule has 0 saturated carbocycles. The van der Waals surface area contributed by atoms with Crippen molar-refractivity contribution < 1.29 is 9.59 Å². The molecule has 7 heteroatoms. The van der Waals surface area contributed by atoms with Crippen molar-refractivity contribution in [3.63, 3.8) is 0 Å². The van der Waals surface area contributed by atoms with Crippen LogP contribution in [-0.4, -0.2) is 47.6 Å². The average Bonchev–Trinajstić information content (AvgIpc) is 3.07. The summed E-state index contributed by atoms with van der Waals surface area (Å²) in [5.41, 5.74) is 6.02. The van der Waals surface area contributed by atoms with Crippen molar-refractivity contribution in [3.05, 3.63) is 0 Å². The average molecular weight is 343 g/mol. The molecule has 2 aliphatic rings. The Hall–Kier alpha value is -0.950. The summed E-state index contributed by atoms with van der Waals surface area (Å²) < 4.78 is 0. The molecular formula is C16H30N4O2S. The smallest absolute Gasteiger partial charge is 0.315 e. The molecule has 3 amide bonds. The summed E-state index contributed by atoms with van der Waals surface area (Å²) in [6.45, 7) is 4.79. The zero-order valence-electron chi connectivity index (χ0n) is 14.1. The first-order valence-electron chi connectivity index (χ1n) is 8.72. The van der Waals surface area contributed by atoms with E-state index in [-0.39, 0.29) is 30.1 Å². The standard InChI is InChI=1S/C16H30N4O2S/c1-3-10(2)11(17)8-18-14(21)7-5-4-6-13-15-12(9-23-13)19-16(22)20-15/h10-13,15H,3-9,17H2,1-2H3,(H,18,21)(H2,19,20,22)/t10-,11+,12-,13-,15-/m0/s1. The molecule has 23 heavy (non-hydrogen) atoms. The predicted octanol–water partition coefficient (Wildman–Crippen LogP) is 1.20. The summed E-state index contributed by atoms with van der Waals surface area (Å²) in [7, 11) is 0. The lowest BCUT2D eigenvalue weighted by Gasteiger charge is -2.19. The molecule has 5 atom stereocenters. The molecule has 2 heterocycles. The zero-order chi connectivity index (χ0) is 16.8. The number of urea groups is 1. The van der Waals surface area contributed by atoms with Crippen LogP contribution in [0.5, 0.6) is 0 Å².